The normalized spacial score (nSPS) is 12.6. The second-order valence-electron chi connectivity index (χ2n) is 2.98. The van der Waals surface area contributed by atoms with Crippen LogP contribution < -0.4 is 0 Å². The SMILES string of the molecule is OC(Cc1cccnc1)c1cncs1. The van der Waals surface area contributed by atoms with Gasteiger partial charge in [-0.1, -0.05) is 6.07 Å². The second kappa shape index (κ2) is 4.30. The first-order chi connectivity index (χ1) is 6.86. The molecule has 1 unspecified atom stereocenters. The molecule has 72 valence electrons. The van der Waals surface area contributed by atoms with Crippen LogP contribution in [-0.4, -0.2) is 15.1 Å². The molecule has 1 atom stereocenters. The van der Waals surface area contributed by atoms with E-state index in [0.29, 0.717) is 6.42 Å². The van der Waals surface area contributed by atoms with Crippen molar-refractivity contribution in [2.24, 2.45) is 0 Å². The summed E-state index contributed by atoms with van der Waals surface area (Å²) in [5.74, 6) is 0. The van der Waals surface area contributed by atoms with Crippen LogP contribution in [0.15, 0.2) is 36.2 Å². The van der Waals surface area contributed by atoms with Crippen LogP contribution in [0.1, 0.15) is 16.5 Å². The van der Waals surface area contributed by atoms with Crippen molar-refractivity contribution in [3.8, 4) is 0 Å². The minimum atomic E-state index is -0.466. The lowest BCUT2D eigenvalue weighted by atomic mass is 10.1. The average Bonchev–Trinajstić information content (AvgIpc) is 2.72. The van der Waals surface area contributed by atoms with Crippen molar-refractivity contribution in [3.63, 3.8) is 0 Å². The largest absolute Gasteiger partial charge is 0.387 e. The summed E-state index contributed by atoms with van der Waals surface area (Å²) in [7, 11) is 0. The first-order valence-electron chi connectivity index (χ1n) is 4.31. The lowest BCUT2D eigenvalue weighted by molar-refractivity contribution is 0.182. The van der Waals surface area contributed by atoms with Crippen LogP contribution in [0.25, 0.3) is 0 Å². The van der Waals surface area contributed by atoms with Gasteiger partial charge < -0.3 is 5.11 Å². The van der Waals surface area contributed by atoms with Gasteiger partial charge in [0, 0.05) is 25.0 Å². The second-order valence-corrected chi connectivity index (χ2v) is 3.90. The zero-order valence-electron chi connectivity index (χ0n) is 7.50. The van der Waals surface area contributed by atoms with Gasteiger partial charge in [0.1, 0.15) is 0 Å². The Morgan fingerprint density at radius 1 is 1.36 bits per heavy atom. The third-order valence-corrected chi connectivity index (χ3v) is 2.81. The predicted molar refractivity (Wildman–Crippen MR) is 55.0 cm³/mol. The Labute approximate surface area is 86.1 Å². The van der Waals surface area contributed by atoms with Crippen molar-refractivity contribution in [3.05, 3.63) is 46.7 Å². The molecule has 0 amide bonds. The Kier molecular flexibility index (Phi) is 2.86. The maximum absolute atomic E-state index is 9.81. The van der Waals surface area contributed by atoms with Gasteiger partial charge in [-0.2, -0.15) is 0 Å². The molecule has 1 N–H and O–H groups in total. The summed E-state index contributed by atoms with van der Waals surface area (Å²) in [6.07, 6.45) is 5.32. The molecule has 0 aliphatic heterocycles. The first kappa shape index (κ1) is 9.30. The summed E-state index contributed by atoms with van der Waals surface area (Å²) in [5, 5.41) is 9.81. The summed E-state index contributed by atoms with van der Waals surface area (Å²) >= 11 is 1.47. The molecule has 0 saturated heterocycles. The molecule has 2 rings (SSSR count). The highest BCUT2D eigenvalue weighted by atomic mass is 32.1. The topological polar surface area (TPSA) is 46.0 Å². The van der Waals surface area contributed by atoms with E-state index in [9.17, 15) is 5.11 Å². The van der Waals surface area contributed by atoms with Crippen LogP contribution in [0.3, 0.4) is 0 Å². The van der Waals surface area contributed by atoms with Crippen molar-refractivity contribution in [1.82, 2.24) is 9.97 Å². The quantitative estimate of drug-likeness (QED) is 0.833. The lowest BCUT2D eigenvalue weighted by Gasteiger charge is -2.06. The molecule has 2 heterocycles. The molecular weight excluding hydrogens is 196 g/mol. The fourth-order valence-corrected chi connectivity index (χ4v) is 1.84. The van der Waals surface area contributed by atoms with Crippen molar-refractivity contribution >= 4 is 11.3 Å². The van der Waals surface area contributed by atoms with Gasteiger partial charge in [-0.15, -0.1) is 11.3 Å². The Bertz CT molecular complexity index is 374. The van der Waals surface area contributed by atoms with Gasteiger partial charge in [-0.05, 0) is 11.6 Å². The highest BCUT2D eigenvalue weighted by molar-refractivity contribution is 7.09. The Hall–Kier alpha value is -1.26. The third kappa shape index (κ3) is 2.16. The number of rotatable bonds is 3. The summed E-state index contributed by atoms with van der Waals surface area (Å²) in [5.41, 5.74) is 2.76. The van der Waals surface area contributed by atoms with Gasteiger partial charge in [-0.3, -0.25) is 9.97 Å². The summed E-state index contributed by atoms with van der Waals surface area (Å²) < 4.78 is 0. The summed E-state index contributed by atoms with van der Waals surface area (Å²) in [4.78, 5) is 8.82. The summed E-state index contributed by atoms with van der Waals surface area (Å²) in [6, 6.07) is 3.83. The molecule has 0 saturated carbocycles. The number of pyridine rings is 1. The summed E-state index contributed by atoms with van der Waals surface area (Å²) in [6.45, 7) is 0. The number of thiazole rings is 1. The highest BCUT2D eigenvalue weighted by Crippen LogP contribution is 2.20. The first-order valence-corrected chi connectivity index (χ1v) is 5.19. The van der Waals surface area contributed by atoms with Crippen molar-refractivity contribution in [2.75, 3.05) is 0 Å². The molecule has 14 heavy (non-hydrogen) atoms. The van der Waals surface area contributed by atoms with E-state index in [0.717, 1.165) is 10.4 Å². The van der Waals surface area contributed by atoms with E-state index in [1.807, 2.05) is 12.1 Å². The molecule has 4 heteroatoms. The molecule has 2 aromatic rings. The lowest BCUT2D eigenvalue weighted by Crippen LogP contribution is -1.99. The smallest absolute Gasteiger partial charge is 0.0938 e. The minimum Gasteiger partial charge on any atom is -0.387 e. The fraction of sp³-hybridized carbons (Fsp3) is 0.200. The van der Waals surface area contributed by atoms with Gasteiger partial charge in [0.25, 0.3) is 0 Å². The van der Waals surface area contributed by atoms with E-state index in [1.54, 1.807) is 24.1 Å². The van der Waals surface area contributed by atoms with Crippen LogP contribution in [0.2, 0.25) is 0 Å². The number of hydrogen-bond donors (Lipinski definition) is 1. The van der Waals surface area contributed by atoms with E-state index >= 15 is 0 Å². The van der Waals surface area contributed by atoms with Gasteiger partial charge in [0.15, 0.2) is 0 Å². The molecule has 0 spiro atoms. The maximum Gasteiger partial charge on any atom is 0.0938 e. The Morgan fingerprint density at radius 2 is 2.29 bits per heavy atom. The van der Waals surface area contributed by atoms with E-state index in [-0.39, 0.29) is 0 Å². The number of nitrogens with zero attached hydrogens (tertiary/aromatic N) is 2. The van der Waals surface area contributed by atoms with Crippen LogP contribution in [0.5, 0.6) is 0 Å². The predicted octanol–water partition coefficient (Wildman–Crippen LogP) is 1.81. The van der Waals surface area contributed by atoms with Crippen molar-refractivity contribution < 1.29 is 5.11 Å². The minimum absolute atomic E-state index is 0.466. The van der Waals surface area contributed by atoms with Crippen LogP contribution >= 0.6 is 11.3 Å². The van der Waals surface area contributed by atoms with Crippen molar-refractivity contribution in [2.45, 2.75) is 12.5 Å². The maximum atomic E-state index is 9.81. The third-order valence-electron chi connectivity index (χ3n) is 1.93. The van der Waals surface area contributed by atoms with Gasteiger partial charge in [0.05, 0.1) is 16.5 Å². The van der Waals surface area contributed by atoms with Crippen LogP contribution in [0.4, 0.5) is 0 Å². The zero-order chi connectivity index (χ0) is 9.80. The zero-order valence-corrected chi connectivity index (χ0v) is 8.31. The Morgan fingerprint density at radius 3 is 2.93 bits per heavy atom. The molecular formula is C10H10N2OS. The Balaban J connectivity index is 2.06. The van der Waals surface area contributed by atoms with Crippen LogP contribution in [-0.2, 0) is 6.42 Å². The highest BCUT2D eigenvalue weighted by Gasteiger charge is 2.09. The molecule has 0 radical (unpaired) electrons. The number of hydrogen-bond acceptors (Lipinski definition) is 4. The number of aliphatic hydroxyl groups is 1. The van der Waals surface area contributed by atoms with Gasteiger partial charge >= 0.3 is 0 Å². The van der Waals surface area contributed by atoms with E-state index < -0.39 is 6.10 Å². The van der Waals surface area contributed by atoms with Gasteiger partial charge in [-0.25, -0.2) is 0 Å². The van der Waals surface area contributed by atoms with Gasteiger partial charge in [0.2, 0.25) is 0 Å². The molecule has 0 aromatic carbocycles. The molecule has 0 aliphatic rings. The molecule has 2 aromatic heterocycles. The molecule has 0 aliphatic carbocycles. The molecule has 0 fully saturated rings. The van der Waals surface area contributed by atoms with E-state index in [4.69, 9.17) is 0 Å². The molecule has 0 bridgehead atoms. The van der Waals surface area contributed by atoms with Crippen LogP contribution in [0, 0.1) is 0 Å². The average molecular weight is 206 g/mol. The van der Waals surface area contributed by atoms with E-state index in [1.165, 1.54) is 11.3 Å². The van der Waals surface area contributed by atoms with E-state index in [2.05, 4.69) is 9.97 Å². The molecule has 3 nitrogen and oxygen atoms in total. The van der Waals surface area contributed by atoms with Crippen molar-refractivity contribution in [1.29, 1.82) is 0 Å². The number of aliphatic hydroxyl groups excluding tert-OH is 1. The fourth-order valence-electron chi connectivity index (χ4n) is 1.23. The number of aromatic nitrogens is 2. The monoisotopic (exact) mass is 206 g/mol. The standard InChI is InChI=1S/C10H10N2OS/c13-9(10-6-12-7-14-10)4-8-2-1-3-11-5-8/h1-3,5-7,9,13H,4H2.